The molecule has 3 N–H and O–H groups in total. The van der Waals surface area contributed by atoms with E-state index in [-0.39, 0.29) is 16.9 Å². The molecule has 0 radical (unpaired) electrons. The number of ether oxygens (including phenoxy) is 1. The Hall–Kier alpha value is -4.24. The zero-order valence-electron chi connectivity index (χ0n) is 22.7. The fraction of sp³-hybridized carbons (Fsp3) is 0.0938. The summed E-state index contributed by atoms with van der Waals surface area (Å²) in [5.74, 6) is -0.541. The molecule has 0 aliphatic rings. The molecule has 42 heavy (non-hydrogen) atoms. The second-order valence-corrected chi connectivity index (χ2v) is 11.2. The first-order valence-corrected chi connectivity index (χ1v) is 14.4. The summed E-state index contributed by atoms with van der Waals surface area (Å²) in [6.45, 7) is 1.81. The Balaban J connectivity index is 1.45. The molecule has 0 saturated heterocycles. The first-order valence-electron chi connectivity index (χ1n) is 12.8. The molecule has 7 nitrogen and oxygen atoms in total. The van der Waals surface area contributed by atoms with Crippen LogP contribution in [0.4, 0.5) is 11.4 Å². The van der Waals surface area contributed by atoms with Crippen LogP contribution in [0.2, 0.25) is 10.0 Å². The molecule has 1 unspecified atom stereocenters. The molecule has 0 aliphatic carbocycles. The summed E-state index contributed by atoms with van der Waals surface area (Å²) in [5, 5.41) is 8.62. The van der Waals surface area contributed by atoms with Gasteiger partial charge in [0.1, 0.15) is 11.4 Å². The zero-order valence-corrected chi connectivity index (χ0v) is 25.0. The van der Waals surface area contributed by atoms with Crippen molar-refractivity contribution in [3.63, 3.8) is 0 Å². The summed E-state index contributed by atoms with van der Waals surface area (Å²) in [7, 11) is 1.57. The predicted molar refractivity (Wildman–Crippen MR) is 170 cm³/mol. The summed E-state index contributed by atoms with van der Waals surface area (Å²) in [6.07, 6.45) is 1.44. The Bertz CT molecular complexity index is 1590. The number of hydrogen-bond acceptors (Lipinski definition) is 5. The van der Waals surface area contributed by atoms with Crippen molar-refractivity contribution >= 4 is 70.1 Å². The minimum absolute atomic E-state index is 0.0415. The Morgan fingerprint density at radius 1 is 0.810 bits per heavy atom. The van der Waals surface area contributed by atoms with Gasteiger partial charge in [-0.15, -0.1) is 11.8 Å². The number of carbonyl (C=O) groups is 3. The molecule has 3 amide bonds. The lowest BCUT2D eigenvalue weighted by Gasteiger charge is -2.14. The van der Waals surface area contributed by atoms with Gasteiger partial charge in [-0.1, -0.05) is 53.5 Å². The predicted octanol–water partition coefficient (Wildman–Crippen LogP) is 7.53. The molecular formula is C32H27Cl2N3O4S. The minimum atomic E-state index is -0.568. The van der Waals surface area contributed by atoms with E-state index in [9.17, 15) is 14.4 Å². The van der Waals surface area contributed by atoms with E-state index in [1.807, 2.05) is 6.92 Å². The lowest BCUT2D eigenvalue weighted by atomic mass is 10.1. The van der Waals surface area contributed by atoms with E-state index < -0.39 is 11.8 Å². The third-order valence-corrected chi connectivity index (χ3v) is 7.72. The normalized spacial score (nSPS) is 11.8. The van der Waals surface area contributed by atoms with Crippen LogP contribution in [0.5, 0.6) is 5.75 Å². The van der Waals surface area contributed by atoms with Crippen molar-refractivity contribution in [3.8, 4) is 5.75 Å². The van der Waals surface area contributed by atoms with Crippen LogP contribution in [-0.2, 0) is 9.59 Å². The molecule has 0 fully saturated rings. The molecule has 0 bridgehead atoms. The van der Waals surface area contributed by atoms with Crippen LogP contribution in [0, 0.1) is 0 Å². The summed E-state index contributed by atoms with van der Waals surface area (Å²) < 4.78 is 5.20. The highest BCUT2D eigenvalue weighted by atomic mass is 35.5. The first kappa shape index (κ1) is 30.7. The van der Waals surface area contributed by atoms with Gasteiger partial charge in [0, 0.05) is 43.5 Å². The van der Waals surface area contributed by atoms with Gasteiger partial charge in [0.2, 0.25) is 5.91 Å². The number of benzene rings is 4. The number of carbonyl (C=O) groups excluding carboxylic acids is 3. The maximum atomic E-state index is 13.3. The topological polar surface area (TPSA) is 96.5 Å². The van der Waals surface area contributed by atoms with E-state index in [0.29, 0.717) is 38.3 Å². The lowest BCUT2D eigenvalue weighted by molar-refractivity contribution is -0.115. The van der Waals surface area contributed by atoms with Gasteiger partial charge < -0.3 is 20.7 Å². The van der Waals surface area contributed by atoms with Crippen LogP contribution >= 0.6 is 35.0 Å². The Labute approximate surface area is 258 Å². The molecule has 0 aromatic heterocycles. The average Bonchev–Trinajstić information content (AvgIpc) is 2.99. The number of halogens is 2. The largest absolute Gasteiger partial charge is 0.497 e. The van der Waals surface area contributed by atoms with Gasteiger partial charge in [-0.2, -0.15) is 0 Å². The van der Waals surface area contributed by atoms with Crippen LogP contribution in [0.1, 0.15) is 22.8 Å². The van der Waals surface area contributed by atoms with Gasteiger partial charge in [0.15, 0.2) is 0 Å². The smallest absolute Gasteiger partial charge is 0.272 e. The molecule has 214 valence electrons. The number of rotatable bonds is 10. The number of amides is 3. The first-order chi connectivity index (χ1) is 20.2. The summed E-state index contributed by atoms with van der Waals surface area (Å²) >= 11 is 14.0. The quantitative estimate of drug-likeness (QED) is 0.126. The molecule has 0 heterocycles. The van der Waals surface area contributed by atoms with Crippen LogP contribution in [-0.4, -0.2) is 30.1 Å². The van der Waals surface area contributed by atoms with Gasteiger partial charge in [-0.25, -0.2) is 0 Å². The van der Waals surface area contributed by atoms with E-state index >= 15 is 0 Å². The average molecular weight is 621 g/mol. The summed E-state index contributed by atoms with van der Waals surface area (Å²) in [4.78, 5) is 39.7. The van der Waals surface area contributed by atoms with Gasteiger partial charge in [-0.05, 0) is 73.7 Å². The van der Waals surface area contributed by atoms with Crippen LogP contribution in [0.15, 0.2) is 108 Å². The monoisotopic (exact) mass is 619 g/mol. The molecule has 4 rings (SSSR count). The fourth-order valence-corrected chi connectivity index (χ4v) is 5.13. The van der Waals surface area contributed by atoms with Crippen molar-refractivity contribution in [1.29, 1.82) is 0 Å². The molecule has 4 aromatic carbocycles. The van der Waals surface area contributed by atoms with Crippen molar-refractivity contribution < 1.29 is 19.1 Å². The molecule has 0 aliphatic heterocycles. The summed E-state index contributed by atoms with van der Waals surface area (Å²) in [5.41, 5.74) is 1.87. The highest BCUT2D eigenvalue weighted by Crippen LogP contribution is 2.28. The number of methoxy groups -OCH3 is 1. The highest BCUT2D eigenvalue weighted by molar-refractivity contribution is 8.00. The van der Waals surface area contributed by atoms with Crippen LogP contribution < -0.4 is 20.7 Å². The minimum Gasteiger partial charge on any atom is -0.497 e. The summed E-state index contributed by atoms with van der Waals surface area (Å²) in [6, 6.07) is 27.7. The van der Waals surface area contributed by atoms with Crippen molar-refractivity contribution in [2.75, 3.05) is 17.7 Å². The van der Waals surface area contributed by atoms with Crippen molar-refractivity contribution in [3.05, 3.63) is 124 Å². The van der Waals surface area contributed by atoms with Crippen molar-refractivity contribution in [2.24, 2.45) is 0 Å². The molecule has 1 atom stereocenters. The molecule has 0 spiro atoms. The van der Waals surface area contributed by atoms with Gasteiger partial charge >= 0.3 is 0 Å². The van der Waals surface area contributed by atoms with Gasteiger partial charge in [0.25, 0.3) is 11.8 Å². The number of hydrogen-bond donors (Lipinski definition) is 3. The lowest BCUT2D eigenvalue weighted by Crippen LogP contribution is -2.30. The third-order valence-electron chi connectivity index (χ3n) is 5.95. The third kappa shape index (κ3) is 8.39. The molecule has 4 aromatic rings. The Kier molecular flexibility index (Phi) is 10.7. The zero-order chi connectivity index (χ0) is 30.1. The Morgan fingerprint density at radius 2 is 1.48 bits per heavy atom. The number of nitrogens with one attached hydrogen (secondary N) is 3. The van der Waals surface area contributed by atoms with Crippen LogP contribution in [0.3, 0.4) is 0 Å². The Morgan fingerprint density at radius 3 is 2.14 bits per heavy atom. The van der Waals surface area contributed by atoms with Gasteiger partial charge in [0.05, 0.1) is 12.4 Å². The van der Waals surface area contributed by atoms with E-state index in [4.69, 9.17) is 27.9 Å². The second-order valence-electron chi connectivity index (χ2n) is 8.97. The SMILES string of the molecule is COc1cccc(NC(=O)C(C)Sc2ccc(NC(=O)/C(=C/c3c(Cl)cccc3Cl)NC(=O)c3ccccc3)cc2)c1. The molecular weight excluding hydrogens is 593 g/mol. The molecule has 10 heteroatoms. The number of anilines is 2. The van der Waals surface area contributed by atoms with E-state index in [1.165, 1.54) is 17.8 Å². The standard InChI is InChI=1S/C32H27Cl2N3O4S/c1-20(30(38)36-23-10-6-11-24(18-23)41-2)42-25-16-14-22(15-17-25)35-32(40)29(19-26-27(33)12-7-13-28(26)34)37-31(39)21-8-4-3-5-9-21/h3-20H,1-2H3,(H,35,40)(H,36,38)(H,37,39)/b29-19-. The maximum absolute atomic E-state index is 13.3. The van der Waals surface area contributed by atoms with Crippen molar-refractivity contribution in [1.82, 2.24) is 5.32 Å². The maximum Gasteiger partial charge on any atom is 0.272 e. The molecule has 0 saturated carbocycles. The van der Waals surface area contributed by atoms with E-state index in [2.05, 4.69) is 16.0 Å². The highest BCUT2D eigenvalue weighted by Gasteiger charge is 2.18. The van der Waals surface area contributed by atoms with E-state index in [0.717, 1.165) is 4.90 Å². The second kappa shape index (κ2) is 14.6. The van der Waals surface area contributed by atoms with Crippen LogP contribution in [0.25, 0.3) is 6.08 Å². The van der Waals surface area contributed by atoms with E-state index in [1.54, 1.807) is 104 Å². The fourth-order valence-electron chi connectivity index (χ4n) is 3.75. The van der Waals surface area contributed by atoms with Gasteiger partial charge in [-0.3, -0.25) is 14.4 Å². The number of thioether (sulfide) groups is 1. The van der Waals surface area contributed by atoms with Crippen molar-refractivity contribution in [2.45, 2.75) is 17.1 Å².